The smallest absolute Gasteiger partial charge is 0.229 e. The Morgan fingerprint density at radius 3 is 2.18 bits per heavy atom. The van der Waals surface area contributed by atoms with Gasteiger partial charge >= 0.3 is 0 Å². The molecule has 0 saturated carbocycles. The Hall–Kier alpha value is -2.50. The van der Waals surface area contributed by atoms with Gasteiger partial charge in [-0.25, -0.2) is 4.39 Å². The molecule has 0 aliphatic rings. The first-order valence-corrected chi connectivity index (χ1v) is 6.98. The summed E-state index contributed by atoms with van der Waals surface area (Å²) < 4.78 is 12.8. The van der Waals surface area contributed by atoms with Crippen molar-refractivity contribution in [3.63, 3.8) is 0 Å². The lowest BCUT2D eigenvalue weighted by Crippen LogP contribution is -2.27. The highest BCUT2D eigenvalue weighted by Crippen LogP contribution is 2.12. The molecule has 2 N–H and O–H groups in total. The minimum atomic E-state index is -0.322. The Morgan fingerprint density at radius 2 is 1.64 bits per heavy atom. The molecule has 116 valence electrons. The van der Waals surface area contributed by atoms with Gasteiger partial charge in [0, 0.05) is 5.54 Å². The third-order valence-corrected chi connectivity index (χ3v) is 2.71. The van der Waals surface area contributed by atoms with E-state index in [0.29, 0.717) is 11.6 Å². The molecule has 0 bridgehead atoms. The summed E-state index contributed by atoms with van der Waals surface area (Å²) in [6.45, 7) is 6.06. The van der Waals surface area contributed by atoms with Crippen molar-refractivity contribution in [3.05, 3.63) is 47.8 Å². The SMILES string of the molecule is CC(C)(C)Nc1ccc(NC(=O)Cc2ccc(F)cc2)nn1. The highest BCUT2D eigenvalue weighted by atomic mass is 19.1. The van der Waals surface area contributed by atoms with Crippen LogP contribution < -0.4 is 10.6 Å². The van der Waals surface area contributed by atoms with Crippen molar-refractivity contribution in [2.45, 2.75) is 32.7 Å². The lowest BCUT2D eigenvalue weighted by Gasteiger charge is -2.20. The van der Waals surface area contributed by atoms with E-state index < -0.39 is 0 Å². The Labute approximate surface area is 129 Å². The summed E-state index contributed by atoms with van der Waals surface area (Å²) in [5.74, 6) is 0.477. The van der Waals surface area contributed by atoms with Gasteiger partial charge in [-0.05, 0) is 50.6 Å². The van der Waals surface area contributed by atoms with Crippen molar-refractivity contribution >= 4 is 17.5 Å². The number of carbonyl (C=O) groups excluding carboxylic acids is 1. The molecule has 0 saturated heterocycles. The molecule has 0 radical (unpaired) electrons. The van der Waals surface area contributed by atoms with Crippen LogP contribution in [0.25, 0.3) is 0 Å². The standard InChI is InChI=1S/C16H19FN4O/c1-16(2,3)19-14-9-8-13(20-21-14)18-15(22)10-11-4-6-12(17)7-5-11/h4-9H,10H2,1-3H3,(H,19,21)(H,18,20,22). The van der Waals surface area contributed by atoms with E-state index in [1.54, 1.807) is 24.3 Å². The molecule has 1 aromatic heterocycles. The molecule has 6 heteroatoms. The molecule has 2 rings (SSSR count). The van der Waals surface area contributed by atoms with Crippen LogP contribution in [0.1, 0.15) is 26.3 Å². The van der Waals surface area contributed by atoms with Crippen LogP contribution in [0, 0.1) is 5.82 Å². The summed E-state index contributed by atoms with van der Waals surface area (Å²) in [5.41, 5.74) is 0.625. The van der Waals surface area contributed by atoms with Gasteiger partial charge in [-0.1, -0.05) is 12.1 Å². The first-order chi connectivity index (χ1) is 10.3. The van der Waals surface area contributed by atoms with Gasteiger partial charge < -0.3 is 10.6 Å². The van der Waals surface area contributed by atoms with Gasteiger partial charge in [0.05, 0.1) is 6.42 Å². The number of rotatable bonds is 4. The zero-order valence-electron chi connectivity index (χ0n) is 12.9. The number of amides is 1. The van der Waals surface area contributed by atoms with E-state index in [1.807, 2.05) is 20.8 Å². The first-order valence-electron chi connectivity index (χ1n) is 6.98. The topological polar surface area (TPSA) is 66.9 Å². The average Bonchev–Trinajstić information content (AvgIpc) is 2.42. The van der Waals surface area contributed by atoms with E-state index in [2.05, 4.69) is 20.8 Å². The summed E-state index contributed by atoms with van der Waals surface area (Å²) in [6, 6.07) is 9.26. The number of carbonyl (C=O) groups is 1. The Balaban J connectivity index is 1.93. The number of hydrogen-bond acceptors (Lipinski definition) is 4. The second-order valence-electron chi connectivity index (χ2n) is 6.03. The van der Waals surface area contributed by atoms with Gasteiger partial charge in [-0.2, -0.15) is 0 Å². The van der Waals surface area contributed by atoms with Gasteiger partial charge in [0.1, 0.15) is 11.6 Å². The van der Waals surface area contributed by atoms with E-state index in [-0.39, 0.29) is 23.7 Å². The van der Waals surface area contributed by atoms with E-state index in [1.165, 1.54) is 12.1 Å². The van der Waals surface area contributed by atoms with Crippen LogP contribution in [-0.2, 0) is 11.2 Å². The maximum Gasteiger partial charge on any atom is 0.229 e. The minimum absolute atomic E-state index is 0.109. The predicted octanol–water partition coefficient (Wildman–Crippen LogP) is 3.01. The molecule has 0 atom stereocenters. The number of nitrogens with zero attached hydrogens (tertiary/aromatic N) is 2. The highest BCUT2D eigenvalue weighted by Gasteiger charge is 2.11. The fourth-order valence-corrected chi connectivity index (χ4v) is 1.82. The number of benzene rings is 1. The zero-order valence-corrected chi connectivity index (χ0v) is 12.9. The van der Waals surface area contributed by atoms with Gasteiger partial charge in [0.15, 0.2) is 5.82 Å². The van der Waals surface area contributed by atoms with Crippen LogP contribution >= 0.6 is 0 Å². The van der Waals surface area contributed by atoms with Gasteiger partial charge in [0.25, 0.3) is 0 Å². The summed E-state index contributed by atoms with van der Waals surface area (Å²) in [6.07, 6.45) is 0.157. The molecule has 1 amide bonds. The quantitative estimate of drug-likeness (QED) is 0.911. The Bertz CT molecular complexity index is 633. The lowest BCUT2D eigenvalue weighted by molar-refractivity contribution is -0.115. The second kappa shape index (κ2) is 6.51. The van der Waals surface area contributed by atoms with E-state index in [0.717, 1.165) is 5.56 Å². The normalized spacial score (nSPS) is 11.1. The van der Waals surface area contributed by atoms with Crippen LogP contribution in [0.5, 0.6) is 0 Å². The molecule has 1 aromatic carbocycles. The molecular formula is C16H19FN4O. The van der Waals surface area contributed by atoms with Crippen LogP contribution in [0.4, 0.5) is 16.0 Å². The number of nitrogens with one attached hydrogen (secondary N) is 2. The lowest BCUT2D eigenvalue weighted by atomic mass is 10.1. The third kappa shape index (κ3) is 5.12. The van der Waals surface area contributed by atoms with E-state index >= 15 is 0 Å². The molecule has 0 aliphatic carbocycles. The van der Waals surface area contributed by atoms with Crippen molar-refractivity contribution in [2.75, 3.05) is 10.6 Å². The first kappa shape index (κ1) is 15.9. The third-order valence-electron chi connectivity index (χ3n) is 2.71. The maximum absolute atomic E-state index is 12.8. The predicted molar refractivity (Wildman–Crippen MR) is 84.1 cm³/mol. The summed E-state index contributed by atoms with van der Waals surface area (Å²) >= 11 is 0. The van der Waals surface area contributed by atoms with Crippen molar-refractivity contribution in [1.82, 2.24) is 10.2 Å². The maximum atomic E-state index is 12.8. The van der Waals surface area contributed by atoms with E-state index in [9.17, 15) is 9.18 Å². The van der Waals surface area contributed by atoms with Gasteiger partial charge in [-0.15, -0.1) is 10.2 Å². The largest absolute Gasteiger partial charge is 0.364 e. The molecular weight excluding hydrogens is 283 g/mol. The molecule has 1 heterocycles. The molecule has 22 heavy (non-hydrogen) atoms. The fourth-order valence-electron chi connectivity index (χ4n) is 1.82. The van der Waals surface area contributed by atoms with Gasteiger partial charge in [-0.3, -0.25) is 4.79 Å². The summed E-state index contributed by atoms with van der Waals surface area (Å²) in [7, 11) is 0. The highest BCUT2D eigenvalue weighted by molar-refractivity contribution is 5.91. The molecule has 2 aromatic rings. The van der Waals surface area contributed by atoms with Crippen LogP contribution in [0.15, 0.2) is 36.4 Å². The van der Waals surface area contributed by atoms with Crippen molar-refractivity contribution in [3.8, 4) is 0 Å². The average molecular weight is 302 g/mol. The number of hydrogen-bond donors (Lipinski definition) is 2. The number of halogens is 1. The molecule has 0 fully saturated rings. The summed E-state index contributed by atoms with van der Waals surface area (Å²) in [5, 5.41) is 13.8. The Morgan fingerprint density at radius 1 is 1.05 bits per heavy atom. The minimum Gasteiger partial charge on any atom is -0.364 e. The van der Waals surface area contributed by atoms with Crippen LogP contribution in [0.3, 0.4) is 0 Å². The monoisotopic (exact) mass is 302 g/mol. The second-order valence-corrected chi connectivity index (χ2v) is 6.03. The molecule has 0 spiro atoms. The molecule has 0 aliphatic heterocycles. The van der Waals surface area contributed by atoms with Crippen LogP contribution in [-0.4, -0.2) is 21.6 Å². The fraction of sp³-hybridized carbons (Fsp3) is 0.312. The van der Waals surface area contributed by atoms with Crippen molar-refractivity contribution in [2.24, 2.45) is 0 Å². The van der Waals surface area contributed by atoms with Gasteiger partial charge in [0.2, 0.25) is 5.91 Å². The summed E-state index contributed by atoms with van der Waals surface area (Å²) in [4.78, 5) is 11.9. The molecule has 0 unspecified atom stereocenters. The molecule has 5 nitrogen and oxygen atoms in total. The number of anilines is 2. The van der Waals surface area contributed by atoms with Crippen molar-refractivity contribution in [1.29, 1.82) is 0 Å². The van der Waals surface area contributed by atoms with E-state index in [4.69, 9.17) is 0 Å². The number of aromatic nitrogens is 2. The zero-order chi connectivity index (χ0) is 16.2. The van der Waals surface area contributed by atoms with Crippen LogP contribution in [0.2, 0.25) is 0 Å². The van der Waals surface area contributed by atoms with Crippen molar-refractivity contribution < 1.29 is 9.18 Å². The Kier molecular flexibility index (Phi) is 4.70.